The van der Waals surface area contributed by atoms with Crippen LogP contribution in [-0.2, 0) is 0 Å². The fraction of sp³-hybridized carbons (Fsp3) is 0.250. The van der Waals surface area contributed by atoms with Gasteiger partial charge < -0.3 is 5.32 Å². The maximum absolute atomic E-state index is 12.9. The van der Waals surface area contributed by atoms with Crippen LogP contribution in [0.5, 0.6) is 0 Å². The minimum atomic E-state index is -0.209. The van der Waals surface area contributed by atoms with Gasteiger partial charge in [0.05, 0.1) is 17.3 Å². The van der Waals surface area contributed by atoms with E-state index in [0.29, 0.717) is 6.04 Å². The average molecular weight is 202 g/mol. The van der Waals surface area contributed by atoms with Crippen molar-refractivity contribution in [2.45, 2.75) is 12.5 Å². The highest BCUT2D eigenvalue weighted by atomic mass is 19.1. The minimum Gasteiger partial charge on any atom is -0.309 e. The van der Waals surface area contributed by atoms with Gasteiger partial charge >= 0.3 is 0 Å². The Morgan fingerprint density at radius 1 is 1.27 bits per heavy atom. The molecule has 0 spiro atoms. The second-order valence-electron chi connectivity index (χ2n) is 3.87. The molecule has 1 atom stereocenters. The van der Waals surface area contributed by atoms with Crippen LogP contribution in [0.4, 0.5) is 4.39 Å². The molecule has 1 aliphatic heterocycles. The molecule has 0 aliphatic carbocycles. The normalized spacial score (nSPS) is 20.2. The molecule has 0 unspecified atom stereocenters. The van der Waals surface area contributed by atoms with Crippen molar-refractivity contribution in [1.29, 1.82) is 0 Å². The summed E-state index contributed by atoms with van der Waals surface area (Å²) < 4.78 is 12.9. The summed E-state index contributed by atoms with van der Waals surface area (Å²) in [6, 6.07) is 8.99. The molecule has 0 amide bonds. The van der Waals surface area contributed by atoms with Gasteiger partial charge in [-0.05, 0) is 37.2 Å². The number of nitrogens with one attached hydrogen (secondary N) is 1. The Kier molecular flexibility index (Phi) is 1.92. The van der Waals surface area contributed by atoms with Gasteiger partial charge in [0.1, 0.15) is 5.82 Å². The number of aromatic nitrogens is 1. The van der Waals surface area contributed by atoms with Crippen LogP contribution in [0.25, 0.3) is 10.9 Å². The van der Waals surface area contributed by atoms with Crippen molar-refractivity contribution in [3.63, 3.8) is 0 Å². The molecular weight excluding hydrogens is 191 g/mol. The highest BCUT2D eigenvalue weighted by Crippen LogP contribution is 2.23. The van der Waals surface area contributed by atoms with Crippen molar-refractivity contribution in [3.05, 3.63) is 41.8 Å². The van der Waals surface area contributed by atoms with Crippen LogP contribution in [-0.4, -0.2) is 11.5 Å². The fourth-order valence-corrected chi connectivity index (χ4v) is 1.85. The van der Waals surface area contributed by atoms with Crippen molar-refractivity contribution in [1.82, 2.24) is 10.3 Å². The molecule has 1 aromatic heterocycles. The summed E-state index contributed by atoms with van der Waals surface area (Å²) in [4.78, 5) is 4.51. The Morgan fingerprint density at radius 3 is 2.87 bits per heavy atom. The summed E-state index contributed by atoms with van der Waals surface area (Å²) >= 11 is 0. The number of hydrogen-bond donors (Lipinski definition) is 1. The molecule has 1 aromatic carbocycles. The summed E-state index contributed by atoms with van der Waals surface area (Å²) in [6.45, 7) is 1.06. The second kappa shape index (κ2) is 3.28. The van der Waals surface area contributed by atoms with E-state index < -0.39 is 0 Å². The van der Waals surface area contributed by atoms with E-state index in [9.17, 15) is 4.39 Å². The van der Waals surface area contributed by atoms with E-state index in [0.717, 1.165) is 29.6 Å². The lowest BCUT2D eigenvalue weighted by Gasteiger charge is -2.27. The van der Waals surface area contributed by atoms with Crippen LogP contribution in [0.2, 0.25) is 0 Å². The predicted octanol–water partition coefficient (Wildman–Crippen LogP) is 2.41. The van der Waals surface area contributed by atoms with Gasteiger partial charge in [0.15, 0.2) is 0 Å². The molecule has 2 aromatic rings. The van der Waals surface area contributed by atoms with Crippen LogP contribution in [0.3, 0.4) is 0 Å². The maximum Gasteiger partial charge on any atom is 0.123 e. The Balaban J connectivity index is 2.09. The smallest absolute Gasteiger partial charge is 0.123 e. The largest absolute Gasteiger partial charge is 0.309 e. The maximum atomic E-state index is 12.9. The van der Waals surface area contributed by atoms with Crippen molar-refractivity contribution in [3.8, 4) is 0 Å². The van der Waals surface area contributed by atoms with Gasteiger partial charge in [0.2, 0.25) is 0 Å². The van der Waals surface area contributed by atoms with E-state index in [-0.39, 0.29) is 5.82 Å². The lowest BCUT2D eigenvalue weighted by Crippen LogP contribution is -2.35. The van der Waals surface area contributed by atoms with Gasteiger partial charge in [-0.15, -0.1) is 0 Å². The number of pyridine rings is 1. The molecule has 76 valence electrons. The summed E-state index contributed by atoms with van der Waals surface area (Å²) in [7, 11) is 0. The highest BCUT2D eigenvalue weighted by Gasteiger charge is 2.19. The zero-order valence-electron chi connectivity index (χ0n) is 8.20. The van der Waals surface area contributed by atoms with E-state index in [4.69, 9.17) is 0 Å². The van der Waals surface area contributed by atoms with Gasteiger partial charge in [-0.3, -0.25) is 4.98 Å². The van der Waals surface area contributed by atoms with Crippen molar-refractivity contribution >= 4 is 10.9 Å². The SMILES string of the molecule is Fc1ccc2nc([C@@H]3CCN3)ccc2c1. The topological polar surface area (TPSA) is 24.9 Å². The molecule has 2 heterocycles. The Morgan fingerprint density at radius 2 is 2.13 bits per heavy atom. The number of fused-ring (bicyclic) bond motifs is 1. The molecule has 3 heteroatoms. The molecule has 0 radical (unpaired) electrons. The van der Waals surface area contributed by atoms with Crippen LogP contribution >= 0.6 is 0 Å². The van der Waals surface area contributed by atoms with E-state index >= 15 is 0 Å². The summed E-state index contributed by atoms with van der Waals surface area (Å²) in [5, 5.41) is 4.16. The van der Waals surface area contributed by atoms with E-state index in [1.807, 2.05) is 12.1 Å². The standard InChI is InChI=1S/C12H11FN2/c13-9-2-4-10-8(7-9)1-3-12(15-10)11-5-6-14-11/h1-4,7,11,14H,5-6H2/t11-/m0/s1. The second-order valence-corrected chi connectivity index (χ2v) is 3.87. The molecule has 1 saturated heterocycles. The molecule has 2 nitrogen and oxygen atoms in total. The van der Waals surface area contributed by atoms with Gasteiger partial charge in [-0.2, -0.15) is 0 Å². The number of nitrogens with zero attached hydrogens (tertiary/aromatic N) is 1. The lowest BCUT2D eigenvalue weighted by atomic mass is 10.0. The molecular formula is C12H11FN2. The molecule has 1 N–H and O–H groups in total. The van der Waals surface area contributed by atoms with Gasteiger partial charge in [0, 0.05) is 5.39 Å². The van der Waals surface area contributed by atoms with Gasteiger partial charge in [0.25, 0.3) is 0 Å². The monoisotopic (exact) mass is 202 g/mol. The first-order valence-electron chi connectivity index (χ1n) is 5.12. The number of hydrogen-bond acceptors (Lipinski definition) is 2. The first-order valence-corrected chi connectivity index (χ1v) is 5.12. The molecule has 0 saturated carbocycles. The molecule has 1 fully saturated rings. The van der Waals surface area contributed by atoms with E-state index in [1.165, 1.54) is 12.1 Å². The quantitative estimate of drug-likeness (QED) is 0.768. The lowest BCUT2D eigenvalue weighted by molar-refractivity contribution is 0.376. The highest BCUT2D eigenvalue weighted by molar-refractivity contribution is 5.78. The summed E-state index contributed by atoms with van der Waals surface area (Å²) in [5.41, 5.74) is 1.92. The third kappa shape index (κ3) is 1.49. The van der Waals surface area contributed by atoms with Gasteiger partial charge in [-0.25, -0.2) is 4.39 Å². The fourth-order valence-electron chi connectivity index (χ4n) is 1.85. The molecule has 0 bridgehead atoms. The Labute approximate surface area is 87.1 Å². The molecule has 3 rings (SSSR count). The third-order valence-corrected chi connectivity index (χ3v) is 2.85. The number of rotatable bonds is 1. The predicted molar refractivity (Wildman–Crippen MR) is 57.1 cm³/mol. The first kappa shape index (κ1) is 8.80. The summed E-state index contributed by atoms with van der Waals surface area (Å²) in [5.74, 6) is -0.209. The van der Waals surface area contributed by atoms with Crippen LogP contribution in [0, 0.1) is 5.82 Å². The van der Waals surface area contributed by atoms with E-state index in [1.54, 1.807) is 6.07 Å². The minimum absolute atomic E-state index is 0.209. The van der Waals surface area contributed by atoms with Crippen LogP contribution in [0.1, 0.15) is 18.2 Å². The zero-order valence-corrected chi connectivity index (χ0v) is 8.20. The van der Waals surface area contributed by atoms with Crippen molar-refractivity contribution in [2.75, 3.05) is 6.54 Å². The van der Waals surface area contributed by atoms with E-state index in [2.05, 4.69) is 10.3 Å². The Hall–Kier alpha value is -1.48. The summed E-state index contributed by atoms with van der Waals surface area (Å²) in [6.07, 6.45) is 1.14. The number of benzene rings is 1. The molecule has 1 aliphatic rings. The Bertz CT molecular complexity index is 506. The van der Waals surface area contributed by atoms with Crippen molar-refractivity contribution in [2.24, 2.45) is 0 Å². The van der Waals surface area contributed by atoms with Crippen molar-refractivity contribution < 1.29 is 4.39 Å². The number of halogens is 1. The zero-order chi connectivity index (χ0) is 10.3. The first-order chi connectivity index (χ1) is 7.33. The molecule has 15 heavy (non-hydrogen) atoms. The average Bonchev–Trinajstić information content (AvgIpc) is 2.15. The van der Waals surface area contributed by atoms with Crippen LogP contribution < -0.4 is 5.32 Å². The van der Waals surface area contributed by atoms with Gasteiger partial charge in [-0.1, -0.05) is 6.07 Å². The van der Waals surface area contributed by atoms with Crippen LogP contribution in [0.15, 0.2) is 30.3 Å². The third-order valence-electron chi connectivity index (χ3n) is 2.85.